The Balaban J connectivity index is 0.000000260. The monoisotopic (exact) mass is 454 g/mol. The zero-order chi connectivity index (χ0) is 23.1. The van der Waals surface area contributed by atoms with Crippen molar-refractivity contribution in [3.05, 3.63) is 30.9 Å². The molecule has 172 valence electrons. The summed E-state index contributed by atoms with van der Waals surface area (Å²) < 4.78 is 48.2. The molecule has 2 aliphatic rings. The number of nitrogens with zero attached hydrogens (tertiary/aromatic N) is 5. The molecule has 0 radical (unpaired) electrons. The molecule has 2 fully saturated rings. The van der Waals surface area contributed by atoms with Crippen molar-refractivity contribution in [3.63, 3.8) is 0 Å². The lowest BCUT2D eigenvalue weighted by molar-refractivity contribution is -0.275. The number of aromatic amines is 1. The van der Waals surface area contributed by atoms with Gasteiger partial charge < -0.3 is 24.5 Å². The topological polar surface area (TPSA) is 90.3 Å². The van der Waals surface area contributed by atoms with Crippen molar-refractivity contribution in [1.29, 1.82) is 0 Å². The third kappa shape index (κ3) is 4.08. The van der Waals surface area contributed by atoms with Gasteiger partial charge in [-0.05, 0) is 12.1 Å². The van der Waals surface area contributed by atoms with E-state index in [0.29, 0.717) is 26.2 Å². The number of pyridine rings is 1. The first-order chi connectivity index (χ1) is 15.1. The highest BCUT2D eigenvalue weighted by molar-refractivity contribution is 5.93. The number of carboxylic acid groups (broad SMARTS) is 1. The Kier molecular flexibility index (Phi) is 5.47. The number of hydrogen-bond acceptors (Lipinski definition) is 4. The number of aryl methyl sites for hydroxylation is 1. The van der Waals surface area contributed by atoms with Gasteiger partial charge in [0.05, 0.1) is 12.0 Å². The van der Waals surface area contributed by atoms with Crippen LogP contribution >= 0.6 is 0 Å². The average molecular weight is 454 g/mol. The molecule has 4 heterocycles. The summed E-state index contributed by atoms with van der Waals surface area (Å²) in [4.78, 5) is 26.8. The fraction of sp³-hybridized carbons (Fsp3) is 0.450. The normalized spacial score (nSPS) is 19.3. The van der Waals surface area contributed by atoms with Crippen LogP contribution in [0.25, 0.3) is 22.4 Å². The van der Waals surface area contributed by atoms with Crippen LogP contribution in [0, 0.1) is 0 Å². The van der Waals surface area contributed by atoms with Gasteiger partial charge in [0, 0.05) is 69.5 Å². The van der Waals surface area contributed by atoms with Crippen LogP contribution in [-0.4, -0.2) is 73.6 Å². The molecule has 0 bridgehead atoms. The molecule has 5 rings (SSSR count). The summed E-state index contributed by atoms with van der Waals surface area (Å²) in [6, 6.07) is 4.04. The number of rotatable bonds is 2. The number of alkyl halides is 4. The largest absolute Gasteiger partial charge is 0.465 e. The van der Waals surface area contributed by atoms with E-state index in [4.69, 9.17) is 5.11 Å². The van der Waals surface area contributed by atoms with E-state index in [1.807, 2.05) is 23.9 Å². The minimum atomic E-state index is -3.72. The van der Waals surface area contributed by atoms with Crippen LogP contribution in [0.5, 0.6) is 0 Å². The summed E-state index contributed by atoms with van der Waals surface area (Å²) in [5.41, 5.74) is 3.68. The first-order valence-electron chi connectivity index (χ1n) is 10.0. The van der Waals surface area contributed by atoms with Crippen LogP contribution in [0.1, 0.15) is 12.8 Å². The van der Waals surface area contributed by atoms with Crippen LogP contribution in [0.4, 0.5) is 28.0 Å². The van der Waals surface area contributed by atoms with E-state index in [2.05, 4.69) is 25.9 Å². The maximum Gasteiger partial charge on any atom is 0.407 e. The first-order valence-corrected chi connectivity index (χ1v) is 10.0. The molecule has 1 amide bonds. The Morgan fingerprint density at radius 3 is 2.25 bits per heavy atom. The van der Waals surface area contributed by atoms with Gasteiger partial charge in [-0.25, -0.2) is 14.8 Å². The smallest absolute Gasteiger partial charge is 0.407 e. The fourth-order valence-corrected chi connectivity index (χ4v) is 3.62. The molecule has 0 spiro atoms. The number of carbonyl (C=O) groups is 1. The number of halogens is 4. The van der Waals surface area contributed by atoms with Gasteiger partial charge in [0.2, 0.25) is 0 Å². The van der Waals surface area contributed by atoms with E-state index in [0.717, 1.165) is 28.1 Å². The fourth-order valence-electron chi connectivity index (χ4n) is 3.62. The standard InChI is InChI=1S/C16H18N6O2.C4H4F4/c1-20-9-13(18-10-20)12-8-11-14(2-3-17-15(11)19-12)21-4-6-22(7-5-21)16(23)24;5-3(6)1-2-4(3,7)8/h2-3,8-10H,4-7H2,1H3,(H,17,19)(H,23,24);1-2H2. The quantitative estimate of drug-likeness (QED) is 0.575. The molecule has 2 N–H and O–H groups in total. The van der Waals surface area contributed by atoms with Gasteiger partial charge in [0.25, 0.3) is 0 Å². The molecule has 1 saturated carbocycles. The van der Waals surface area contributed by atoms with Gasteiger partial charge in [-0.3, -0.25) is 0 Å². The van der Waals surface area contributed by atoms with Crippen LogP contribution in [0.15, 0.2) is 30.9 Å². The van der Waals surface area contributed by atoms with E-state index >= 15 is 0 Å². The zero-order valence-electron chi connectivity index (χ0n) is 17.2. The Morgan fingerprint density at radius 2 is 1.75 bits per heavy atom. The molecule has 0 atom stereocenters. The maximum absolute atomic E-state index is 11.6. The van der Waals surface area contributed by atoms with Gasteiger partial charge in [-0.2, -0.15) is 17.6 Å². The third-order valence-corrected chi connectivity index (χ3v) is 5.67. The van der Waals surface area contributed by atoms with E-state index in [-0.39, 0.29) is 0 Å². The number of aromatic nitrogens is 4. The van der Waals surface area contributed by atoms with Crippen LogP contribution in [-0.2, 0) is 7.05 Å². The Hall–Kier alpha value is -3.31. The van der Waals surface area contributed by atoms with Gasteiger partial charge in [-0.15, -0.1) is 0 Å². The van der Waals surface area contributed by atoms with Crippen molar-refractivity contribution in [3.8, 4) is 11.4 Å². The molecule has 3 aromatic heterocycles. The van der Waals surface area contributed by atoms with Gasteiger partial charge in [0.1, 0.15) is 11.3 Å². The number of nitrogens with one attached hydrogen (secondary N) is 1. The highest BCUT2D eigenvalue weighted by atomic mass is 19.3. The lowest BCUT2D eigenvalue weighted by Crippen LogP contribution is -2.50. The summed E-state index contributed by atoms with van der Waals surface area (Å²) in [6.07, 6.45) is 3.31. The van der Waals surface area contributed by atoms with Crippen LogP contribution in [0.2, 0.25) is 0 Å². The summed E-state index contributed by atoms with van der Waals surface area (Å²) >= 11 is 0. The summed E-state index contributed by atoms with van der Waals surface area (Å²) in [5, 5.41) is 10.1. The number of anilines is 1. The van der Waals surface area contributed by atoms with E-state index in [1.54, 1.807) is 12.5 Å². The molecule has 1 aliphatic carbocycles. The van der Waals surface area contributed by atoms with Crippen molar-refractivity contribution in [2.24, 2.45) is 7.05 Å². The van der Waals surface area contributed by atoms with E-state index in [9.17, 15) is 22.4 Å². The molecule has 3 aromatic rings. The maximum atomic E-state index is 11.6. The molecule has 0 aromatic carbocycles. The lowest BCUT2D eigenvalue weighted by Gasteiger charge is -2.35. The van der Waals surface area contributed by atoms with Gasteiger partial charge in [-0.1, -0.05) is 0 Å². The second-order valence-electron chi connectivity index (χ2n) is 7.87. The Morgan fingerprint density at radius 1 is 1.09 bits per heavy atom. The van der Waals surface area contributed by atoms with E-state index < -0.39 is 30.8 Å². The number of fused-ring (bicyclic) bond motifs is 1. The minimum absolute atomic E-state index is 0.511. The molecular weight excluding hydrogens is 432 g/mol. The lowest BCUT2D eigenvalue weighted by atomic mass is 9.90. The third-order valence-electron chi connectivity index (χ3n) is 5.67. The van der Waals surface area contributed by atoms with Crippen molar-refractivity contribution in [2.45, 2.75) is 24.7 Å². The highest BCUT2D eigenvalue weighted by Crippen LogP contribution is 2.50. The number of imidazole rings is 1. The van der Waals surface area contributed by atoms with Crippen molar-refractivity contribution in [1.82, 2.24) is 24.4 Å². The minimum Gasteiger partial charge on any atom is -0.465 e. The predicted molar refractivity (Wildman–Crippen MR) is 109 cm³/mol. The number of H-pyrrole nitrogens is 1. The van der Waals surface area contributed by atoms with Crippen molar-refractivity contribution in [2.75, 3.05) is 31.1 Å². The number of hydrogen-bond donors (Lipinski definition) is 2. The molecule has 12 heteroatoms. The molecule has 1 saturated heterocycles. The van der Waals surface area contributed by atoms with Crippen molar-refractivity contribution >= 4 is 22.8 Å². The highest BCUT2D eigenvalue weighted by Gasteiger charge is 2.64. The first kappa shape index (κ1) is 21.9. The summed E-state index contributed by atoms with van der Waals surface area (Å²) in [7, 11) is 1.94. The second-order valence-corrected chi connectivity index (χ2v) is 7.87. The molecule has 1 aliphatic heterocycles. The summed E-state index contributed by atoms with van der Waals surface area (Å²) in [5.74, 6) is -7.43. The average Bonchev–Trinajstić information content (AvgIpc) is 3.39. The second kappa shape index (κ2) is 7.99. The van der Waals surface area contributed by atoms with Crippen molar-refractivity contribution < 1.29 is 27.5 Å². The predicted octanol–water partition coefficient (Wildman–Crippen LogP) is 3.81. The molecule has 0 unspecified atom stereocenters. The van der Waals surface area contributed by atoms with Gasteiger partial charge in [0.15, 0.2) is 0 Å². The summed E-state index contributed by atoms with van der Waals surface area (Å²) in [6.45, 7) is 2.37. The number of piperazine rings is 1. The molecule has 8 nitrogen and oxygen atoms in total. The zero-order valence-corrected chi connectivity index (χ0v) is 17.2. The molecule has 32 heavy (non-hydrogen) atoms. The number of amides is 1. The Labute approximate surface area is 180 Å². The Bertz CT molecular complexity index is 1110. The molecular formula is C20H22F4N6O2. The van der Waals surface area contributed by atoms with Crippen LogP contribution in [0.3, 0.4) is 0 Å². The van der Waals surface area contributed by atoms with E-state index in [1.165, 1.54) is 4.90 Å². The SMILES string of the molecule is Cn1cnc(-c2cc3c(N4CCN(C(=O)O)CC4)ccnc3[nH]2)c1.FC1(F)CCC1(F)F. The van der Waals surface area contributed by atoms with Crippen LogP contribution < -0.4 is 4.90 Å². The van der Waals surface area contributed by atoms with Gasteiger partial charge >= 0.3 is 17.9 Å².